The zero-order chi connectivity index (χ0) is 10.6. The molecule has 0 fully saturated rings. The Morgan fingerprint density at radius 3 is 2.21 bits per heavy atom. The molecule has 0 aliphatic heterocycles. The summed E-state index contributed by atoms with van der Waals surface area (Å²) in [5.74, 6) is 0.535. The van der Waals surface area contributed by atoms with Crippen molar-refractivity contribution in [3.63, 3.8) is 0 Å². The molecule has 0 radical (unpaired) electrons. The lowest BCUT2D eigenvalue weighted by molar-refractivity contribution is 0.0861. The Labute approximate surface area is 85.8 Å². The fraction of sp³-hybridized carbons (Fsp3) is 0.500. The summed E-state index contributed by atoms with van der Waals surface area (Å²) in [6.45, 7) is 4.70. The third kappa shape index (κ3) is 2.56. The van der Waals surface area contributed by atoms with Crippen molar-refractivity contribution in [3.8, 4) is 0 Å². The Bertz CT molecular complexity index is 258. The number of rotatable bonds is 4. The molecule has 0 unspecified atom stereocenters. The molecule has 0 aromatic heterocycles. The molecule has 0 amide bonds. The maximum atomic E-state index is 10.1. The number of aliphatic hydroxyl groups excluding tert-OH is 1. The van der Waals surface area contributed by atoms with Gasteiger partial charge in [0.15, 0.2) is 0 Å². The van der Waals surface area contributed by atoms with E-state index in [1.165, 1.54) is 0 Å². The van der Waals surface area contributed by atoms with Crippen LogP contribution in [-0.4, -0.2) is 11.7 Å². The van der Waals surface area contributed by atoms with E-state index in [0.29, 0.717) is 12.5 Å². The van der Waals surface area contributed by atoms with E-state index >= 15 is 0 Å². The van der Waals surface area contributed by atoms with Gasteiger partial charge in [0.1, 0.15) is 0 Å². The zero-order valence-electron chi connectivity index (χ0n) is 8.85. The predicted octanol–water partition coefficient (Wildman–Crippen LogP) is 1.95. The Balaban J connectivity index is 2.78. The summed E-state index contributed by atoms with van der Waals surface area (Å²) in [6, 6.07) is 9.70. The topological polar surface area (TPSA) is 46.2 Å². The maximum absolute atomic E-state index is 10.1. The highest BCUT2D eigenvalue weighted by Crippen LogP contribution is 2.26. The van der Waals surface area contributed by atoms with E-state index in [4.69, 9.17) is 5.73 Å². The lowest BCUT2D eigenvalue weighted by atomic mass is 9.87. The molecular weight excluding hydrogens is 174 g/mol. The van der Waals surface area contributed by atoms with Crippen molar-refractivity contribution in [2.75, 3.05) is 6.54 Å². The Morgan fingerprint density at radius 2 is 1.79 bits per heavy atom. The normalized spacial score (nSPS) is 15.5. The summed E-state index contributed by atoms with van der Waals surface area (Å²) >= 11 is 0. The molecule has 14 heavy (non-hydrogen) atoms. The van der Waals surface area contributed by atoms with E-state index in [2.05, 4.69) is 13.8 Å². The Kier molecular flexibility index (Phi) is 4.11. The van der Waals surface area contributed by atoms with Crippen LogP contribution in [0.15, 0.2) is 30.3 Å². The molecule has 0 heterocycles. The van der Waals surface area contributed by atoms with E-state index < -0.39 is 6.10 Å². The van der Waals surface area contributed by atoms with Crippen LogP contribution >= 0.6 is 0 Å². The van der Waals surface area contributed by atoms with E-state index in [1.807, 2.05) is 30.3 Å². The van der Waals surface area contributed by atoms with Gasteiger partial charge in [0.25, 0.3) is 0 Å². The fourth-order valence-electron chi connectivity index (χ4n) is 1.66. The van der Waals surface area contributed by atoms with E-state index in [1.54, 1.807) is 0 Å². The van der Waals surface area contributed by atoms with Crippen molar-refractivity contribution in [3.05, 3.63) is 35.9 Å². The first-order chi connectivity index (χ1) is 6.66. The third-order valence-electron chi connectivity index (χ3n) is 2.68. The number of hydrogen-bond acceptors (Lipinski definition) is 2. The number of aliphatic hydroxyl groups is 1. The van der Waals surface area contributed by atoms with Gasteiger partial charge in [-0.05, 0) is 18.0 Å². The van der Waals surface area contributed by atoms with Crippen molar-refractivity contribution in [1.82, 2.24) is 0 Å². The third-order valence-corrected chi connectivity index (χ3v) is 2.68. The molecule has 2 atom stereocenters. The van der Waals surface area contributed by atoms with E-state index in [9.17, 15) is 5.11 Å². The van der Waals surface area contributed by atoms with Gasteiger partial charge in [-0.2, -0.15) is 0 Å². The molecule has 1 aromatic rings. The molecule has 0 spiro atoms. The molecule has 1 rings (SSSR count). The smallest absolute Gasteiger partial charge is 0.0832 e. The molecule has 2 heteroatoms. The minimum atomic E-state index is -0.443. The summed E-state index contributed by atoms with van der Waals surface area (Å²) in [6.07, 6.45) is -0.443. The van der Waals surface area contributed by atoms with Gasteiger partial charge < -0.3 is 10.8 Å². The average Bonchev–Trinajstić information content (AvgIpc) is 2.19. The first-order valence-electron chi connectivity index (χ1n) is 5.10. The number of benzene rings is 1. The Hall–Kier alpha value is -0.860. The van der Waals surface area contributed by atoms with Crippen LogP contribution < -0.4 is 5.73 Å². The number of hydrogen-bond donors (Lipinski definition) is 2. The fourth-order valence-corrected chi connectivity index (χ4v) is 1.66. The molecule has 2 nitrogen and oxygen atoms in total. The summed E-state index contributed by atoms with van der Waals surface area (Å²) < 4.78 is 0. The average molecular weight is 193 g/mol. The van der Waals surface area contributed by atoms with E-state index in [0.717, 1.165) is 5.56 Å². The van der Waals surface area contributed by atoms with Crippen molar-refractivity contribution in [2.24, 2.45) is 17.6 Å². The van der Waals surface area contributed by atoms with Gasteiger partial charge in [0.05, 0.1) is 6.10 Å². The molecule has 78 valence electrons. The summed E-state index contributed by atoms with van der Waals surface area (Å²) in [5, 5.41) is 10.1. The van der Waals surface area contributed by atoms with Gasteiger partial charge in [0.2, 0.25) is 0 Å². The summed E-state index contributed by atoms with van der Waals surface area (Å²) in [7, 11) is 0. The monoisotopic (exact) mass is 193 g/mol. The molecule has 0 saturated carbocycles. The Morgan fingerprint density at radius 1 is 1.21 bits per heavy atom. The minimum Gasteiger partial charge on any atom is -0.388 e. The summed E-state index contributed by atoms with van der Waals surface area (Å²) in [4.78, 5) is 0. The highest BCUT2D eigenvalue weighted by Gasteiger charge is 2.22. The largest absolute Gasteiger partial charge is 0.388 e. The molecule has 0 aliphatic carbocycles. The molecular formula is C12H19NO. The maximum Gasteiger partial charge on any atom is 0.0832 e. The van der Waals surface area contributed by atoms with Gasteiger partial charge in [-0.3, -0.25) is 0 Å². The van der Waals surface area contributed by atoms with Gasteiger partial charge in [0, 0.05) is 5.92 Å². The second kappa shape index (κ2) is 5.13. The van der Waals surface area contributed by atoms with Crippen molar-refractivity contribution < 1.29 is 5.11 Å². The first-order valence-corrected chi connectivity index (χ1v) is 5.10. The SMILES string of the molecule is CC(C)[C@@H](CN)[C@H](O)c1ccccc1. The molecule has 3 N–H and O–H groups in total. The van der Waals surface area contributed by atoms with Crippen LogP contribution in [0, 0.1) is 11.8 Å². The van der Waals surface area contributed by atoms with Crippen LogP contribution in [0.4, 0.5) is 0 Å². The minimum absolute atomic E-state index is 0.136. The van der Waals surface area contributed by atoms with Crippen LogP contribution in [0.1, 0.15) is 25.5 Å². The highest BCUT2D eigenvalue weighted by molar-refractivity contribution is 5.18. The van der Waals surface area contributed by atoms with E-state index in [-0.39, 0.29) is 5.92 Å². The predicted molar refractivity (Wildman–Crippen MR) is 58.8 cm³/mol. The van der Waals surface area contributed by atoms with Crippen LogP contribution in [-0.2, 0) is 0 Å². The van der Waals surface area contributed by atoms with Crippen LogP contribution in [0.5, 0.6) is 0 Å². The van der Waals surface area contributed by atoms with Crippen molar-refractivity contribution in [2.45, 2.75) is 20.0 Å². The van der Waals surface area contributed by atoms with Gasteiger partial charge in [-0.25, -0.2) is 0 Å². The van der Waals surface area contributed by atoms with Gasteiger partial charge >= 0.3 is 0 Å². The molecule has 0 bridgehead atoms. The van der Waals surface area contributed by atoms with Crippen LogP contribution in [0.3, 0.4) is 0 Å². The lowest BCUT2D eigenvalue weighted by Crippen LogP contribution is -2.26. The van der Waals surface area contributed by atoms with Crippen molar-refractivity contribution >= 4 is 0 Å². The standard InChI is InChI=1S/C12H19NO/c1-9(2)11(8-13)12(14)10-6-4-3-5-7-10/h3-7,9,11-12,14H,8,13H2,1-2H3/t11-,12-/m1/s1. The molecule has 1 aromatic carbocycles. The second-order valence-electron chi connectivity index (χ2n) is 4.00. The highest BCUT2D eigenvalue weighted by atomic mass is 16.3. The molecule has 0 aliphatic rings. The first kappa shape index (κ1) is 11.2. The second-order valence-corrected chi connectivity index (χ2v) is 4.00. The van der Waals surface area contributed by atoms with Crippen molar-refractivity contribution in [1.29, 1.82) is 0 Å². The van der Waals surface area contributed by atoms with Gasteiger partial charge in [-0.1, -0.05) is 44.2 Å². The quantitative estimate of drug-likeness (QED) is 0.767. The van der Waals surface area contributed by atoms with Crippen LogP contribution in [0.25, 0.3) is 0 Å². The summed E-state index contributed by atoms with van der Waals surface area (Å²) in [5.41, 5.74) is 6.61. The van der Waals surface area contributed by atoms with Crippen LogP contribution in [0.2, 0.25) is 0 Å². The van der Waals surface area contributed by atoms with Gasteiger partial charge in [-0.15, -0.1) is 0 Å². The number of nitrogens with two attached hydrogens (primary N) is 1. The molecule has 0 saturated heterocycles. The lowest BCUT2D eigenvalue weighted by Gasteiger charge is -2.25. The zero-order valence-corrected chi connectivity index (χ0v) is 8.85.